The summed E-state index contributed by atoms with van der Waals surface area (Å²) in [5.74, 6) is -1.66. The lowest BCUT2D eigenvalue weighted by Crippen LogP contribution is -2.23. The molecule has 3 rings (SSSR count). The predicted molar refractivity (Wildman–Crippen MR) is 106 cm³/mol. The largest absolute Gasteiger partial charge is 0.463 e. The zero-order valence-electron chi connectivity index (χ0n) is 16.2. The normalized spacial score (nSPS) is 15.1. The van der Waals surface area contributed by atoms with Crippen LogP contribution in [0.2, 0.25) is 0 Å². The molecule has 7 nitrogen and oxygen atoms in total. The Hall–Kier alpha value is -3.35. The number of rotatable bonds is 6. The topological polar surface area (TPSA) is 105 Å². The van der Waals surface area contributed by atoms with Gasteiger partial charge in [-0.3, -0.25) is 4.79 Å². The first-order valence-corrected chi connectivity index (χ1v) is 9.51. The predicted octanol–water partition coefficient (Wildman–Crippen LogP) is 3.01. The Kier molecular flexibility index (Phi) is 6.49. The number of carbonyl (C=O) groups is 3. The summed E-state index contributed by atoms with van der Waals surface area (Å²) in [7, 11) is 0. The summed E-state index contributed by atoms with van der Waals surface area (Å²) in [6.45, 7) is 1.43. The molecule has 29 heavy (non-hydrogen) atoms. The van der Waals surface area contributed by atoms with Crippen molar-refractivity contribution in [2.75, 3.05) is 18.9 Å². The zero-order valence-corrected chi connectivity index (χ0v) is 16.2. The fourth-order valence-electron chi connectivity index (χ4n) is 3.38. The highest BCUT2D eigenvalue weighted by molar-refractivity contribution is 5.91. The second-order valence-electron chi connectivity index (χ2n) is 6.69. The molecule has 152 valence electrons. The molecule has 1 aliphatic carbocycles. The smallest absolute Gasteiger partial charge is 0.344 e. The Morgan fingerprint density at radius 3 is 2.55 bits per heavy atom. The maximum Gasteiger partial charge on any atom is 0.344 e. The molecule has 0 amide bonds. The molecule has 2 aromatic rings. The summed E-state index contributed by atoms with van der Waals surface area (Å²) in [4.78, 5) is 35.9. The summed E-state index contributed by atoms with van der Waals surface area (Å²) in [5, 5.41) is 0. The van der Waals surface area contributed by atoms with E-state index in [2.05, 4.69) is 0 Å². The molecule has 1 atom stereocenters. The summed E-state index contributed by atoms with van der Waals surface area (Å²) in [6.07, 6.45) is 2.42. The lowest BCUT2D eigenvalue weighted by Gasteiger charge is -2.25. The molecule has 0 aromatic heterocycles. The number of carbonyl (C=O) groups excluding carboxylic acids is 3. The summed E-state index contributed by atoms with van der Waals surface area (Å²) in [5.41, 5.74) is 8.91. The van der Waals surface area contributed by atoms with Crippen molar-refractivity contribution in [3.8, 4) is 5.75 Å². The fourth-order valence-corrected chi connectivity index (χ4v) is 3.38. The number of nitrogen functional groups attached to an aromatic ring is 1. The first-order valence-electron chi connectivity index (χ1n) is 9.51. The van der Waals surface area contributed by atoms with Gasteiger partial charge in [0, 0.05) is 5.69 Å². The second-order valence-corrected chi connectivity index (χ2v) is 6.69. The van der Waals surface area contributed by atoms with Crippen LogP contribution in [0.4, 0.5) is 5.69 Å². The van der Waals surface area contributed by atoms with E-state index < -0.39 is 18.5 Å². The van der Waals surface area contributed by atoms with Gasteiger partial charge in [-0.25, -0.2) is 9.59 Å². The van der Waals surface area contributed by atoms with Crippen LogP contribution in [0.25, 0.3) is 0 Å². The van der Waals surface area contributed by atoms with Crippen LogP contribution in [0.5, 0.6) is 5.75 Å². The molecule has 0 bridgehead atoms. The van der Waals surface area contributed by atoms with Crippen LogP contribution in [0.3, 0.4) is 0 Å². The van der Waals surface area contributed by atoms with Crippen LogP contribution < -0.4 is 10.5 Å². The van der Waals surface area contributed by atoms with Crippen LogP contribution in [0.15, 0.2) is 42.5 Å². The minimum atomic E-state index is -0.660. The Bertz CT molecular complexity index is 906. The third-order valence-electron chi connectivity index (χ3n) is 4.76. The monoisotopic (exact) mass is 397 g/mol. The van der Waals surface area contributed by atoms with Gasteiger partial charge < -0.3 is 19.9 Å². The minimum Gasteiger partial charge on any atom is -0.463 e. The quantitative estimate of drug-likeness (QED) is 0.454. The highest BCUT2D eigenvalue weighted by Gasteiger charge is 2.29. The molecule has 0 fully saturated rings. The molecule has 1 unspecified atom stereocenters. The average molecular weight is 397 g/mol. The van der Waals surface area contributed by atoms with E-state index in [0.29, 0.717) is 17.9 Å². The molecule has 0 spiro atoms. The average Bonchev–Trinajstić information content (AvgIpc) is 2.72. The van der Waals surface area contributed by atoms with Gasteiger partial charge in [-0.1, -0.05) is 12.1 Å². The highest BCUT2D eigenvalue weighted by atomic mass is 16.6. The van der Waals surface area contributed by atoms with Crippen molar-refractivity contribution in [2.45, 2.75) is 32.1 Å². The van der Waals surface area contributed by atoms with Crippen LogP contribution in [0.1, 0.15) is 47.2 Å². The van der Waals surface area contributed by atoms with Crippen LogP contribution in [0, 0.1) is 0 Å². The first kappa shape index (κ1) is 20.4. The van der Waals surface area contributed by atoms with Crippen molar-refractivity contribution in [1.82, 2.24) is 0 Å². The van der Waals surface area contributed by atoms with Crippen LogP contribution in [-0.4, -0.2) is 31.1 Å². The van der Waals surface area contributed by atoms with E-state index in [1.54, 1.807) is 6.92 Å². The Morgan fingerprint density at radius 2 is 1.83 bits per heavy atom. The number of nitrogens with two attached hydrogens (primary N) is 1. The summed E-state index contributed by atoms with van der Waals surface area (Å²) >= 11 is 0. The molecular formula is C22H23NO6. The van der Waals surface area contributed by atoms with Crippen LogP contribution >= 0.6 is 0 Å². The van der Waals surface area contributed by atoms with Crippen molar-refractivity contribution in [2.24, 2.45) is 0 Å². The van der Waals surface area contributed by atoms with Crippen molar-refractivity contribution in [3.05, 3.63) is 59.2 Å². The number of anilines is 1. The van der Waals surface area contributed by atoms with Crippen molar-refractivity contribution in [3.63, 3.8) is 0 Å². The first-order chi connectivity index (χ1) is 14.0. The van der Waals surface area contributed by atoms with Gasteiger partial charge in [-0.2, -0.15) is 0 Å². The van der Waals surface area contributed by atoms with E-state index in [4.69, 9.17) is 19.9 Å². The van der Waals surface area contributed by atoms with E-state index in [1.165, 1.54) is 24.3 Å². The van der Waals surface area contributed by atoms with E-state index in [9.17, 15) is 14.4 Å². The highest BCUT2D eigenvalue weighted by Crippen LogP contribution is 2.35. The van der Waals surface area contributed by atoms with Gasteiger partial charge in [0.25, 0.3) is 0 Å². The molecule has 1 aliphatic rings. The standard InChI is InChI=1S/C22H23NO6/c1-2-27-20(24)13-28-21(25)14-9-11-15(12-10-14)29-22(26)18-7-3-6-17-16(18)5-4-8-19(17)23/h4-5,8-12,18H,2-3,6-7,13,23H2,1H3. The molecule has 0 heterocycles. The number of fused-ring (bicyclic) bond motifs is 1. The van der Waals surface area contributed by atoms with E-state index in [1.807, 2.05) is 18.2 Å². The van der Waals surface area contributed by atoms with Gasteiger partial charge in [-0.15, -0.1) is 0 Å². The van der Waals surface area contributed by atoms with Crippen molar-refractivity contribution >= 4 is 23.6 Å². The molecule has 0 aliphatic heterocycles. The maximum absolute atomic E-state index is 12.7. The Morgan fingerprint density at radius 1 is 1.07 bits per heavy atom. The zero-order chi connectivity index (χ0) is 20.8. The molecule has 7 heteroatoms. The molecule has 0 saturated heterocycles. The summed E-state index contributed by atoms with van der Waals surface area (Å²) in [6, 6.07) is 11.6. The third kappa shape index (κ3) is 4.93. The van der Waals surface area contributed by atoms with Gasteiger partial charge in [0.05, 0.1) is 18.1 Å². The van der Waals surface area contributed by atoms with E-state index in [0.717, 1.165) is 24.0 Å². The molecule has 2 N–H and O–H groups in total. The Balaban J connectivity index is 1.62. The molecule has 0 saturated carbocycles. The summed E-state index contributed by atoms with van der Waals surface area (Å²) < 4.78 is 15.1. The van der Waals surface area contributed by atoms with Gasteiger partial charge >= 0.3 is 17.9 Å². The third-order valence-corrected chi connectivity index (χ3v) is 4.76. The van der Waals surface area contributed by atoms with Gasteiger partial charge in [0.15, 0.2) is 6.61 Å². The number of hydrogen-bond acceptors (Lipinski definition) is 7. The lowest BCUT2D eigenvalue weighted by molar-refractivity contribution is -0.146. The molecule has 2 aromatic carbocycles. The van der Waals surface area contributed by atoms with Crippen molar-refractivity contribution < 1.29 is 28.6 Å². The lowest BCUT2D eigenvalue weighted by atomic mass is 9.82. The number of hydrogen-bond donors (Lipinski definition) is 1. The Labute approximate surface area is 168 Å². The van der Waals surface area contributed by atoms with Gasteiger partial charge in [0.1, 0.15) is 5.75 Å². The number of benzene rings is 2. The second kappa shape index (κ2) is 9.23. The number of esters is 3. The SMILES string of the molecule is CCOC(=O)COC(=O)c1ccc(OC(=O)C2CCCc3c(N)cccc32)cc1. The van der Waals surface area contributed by atoms with Gasteiger partial charge in [-0.05, 0) is 67.6 Å². The van der Waals surface area contributed by atoms with E-state index in [-0.39, 0.29) is 24.1 Å². The van der Waals surface area contributed by atoms with Gasteiger partial charge in [0.2, 0.25) is 0 Å². The number of ether oxygens (including phenoxy) is 3. The van der Waals surface area contributed by atoms with Crippen molar-refractivity contribution in [1.29, 1.82) is 0 Å². The maximum atomic E-state index is 12.7. The fraction of sp³-hybridized carbons (Fsp3) is 0.318. The minimum absolute atomic E-state index is 0.217. The molecular weight excluding hydrogens is 374 g/mol. The van der Waals surface area contributed by atoms with Crippen LogP contribution in [-0.2, 0) is 25.5 Å². The van der Waals surface area contributed by atoms with E-state index >= 15 is 0 Å². The molecule has 0 radical (unpaired) electrons.